The Bertz CT molecular complexity index is 2970. The first kappa shape index (κ1) is 32.7. The molecule has 3 aromatic heterocycles. The van der Waals surface area contributed by atoms with Crippen LogP contribution in [0.15, 0.2) is 146 Å². The van der Waals surface area contributed by atoms with E-state index in [1.807, 2.05) is 59.2 Å². The van der Waals surface area contributed by atoms with Crippen LogP contribution in [-0.4, -0.2) is 35.9 Å². The van der Waals surface area contributed by atoms with Crippen molar-refractivity contribution >= 4 is 61.4 Å². The van der Waals surface area contributed by atoms with Crippen molar-refractivity contribution in [1.82, 2.24) is 24.1 Å². The second kappa shape index (κ2) is 11.8. The third kappa shape index (κ3) is 4.74. The van der Waals surface area contributed by atoms with E-state index in [0.29, 0.717) is 11.8 Å². The summed E-state index contributed by atoms with van der Waals surface area (Å²) in [6, 6.07) is 49.8. The van der Waals surface area contributed by atoms with Crippen LogP contribution in [0.25, 0.3) is 77.8 Å². The van der Waals surface area contributed by atoms with E-state index in [2.05, 4.69) is 95.6 Å². The summed E-state index contributed by atoms with van der Waals surface area (Å²) in [5.74, 6) is -0.000204. The van der Waals surface area contributed by atoms with Crippen LogP contribution >= 0.6 is 0 Å². The van der Waals surface area contributed by atoms with E-state index >= 15 is 0 Å². The molecule has 8 heteroatoms. The lowest BCUT2D eigenvalue weighted by Gasteiger charge is -2.28. The zero-order valence-electron chi connectivity index (χ0n) is 30.9. The molecule has 1 aliphatic rings. The van der Waals surface area contributed by atoms with Gasteiger partial charge in [-0.15, -0.1) is 0 Å². The maximum absolute atomic E-state index is 14.1. The normalized spacial score (nSPS) is 15.2. The van der Waals surface area contributed by atoms with E-state index in [0.717, 1.165) is 65.5 Å². The number of amides is 2. The van der Waals surface area contributed by atoms with Crippen molar-refractivity contribution in [3.8, 4) is 34.2 Å². The van der Waals surface area contributed by atoms with E-state index in [4.69, 9.17) is 15.0 Å². The lowest BCUT2D eigenvalue weighted by Crippen LogP contribution is -2.35. The molecule has 6 aromatic carbocycles. The topological polar surface area (TPSA) is 85.9 Å². The number of hydrogen-bond donors (Lipinski definition) is 0. The van der Waals surface area contributed by atoms with Crippen LogP contribution in [0.4, 0.5) is 5.95 Å². The molecule has 0 atom stereocenters. The molecule has 10 rings (SSSR count). The van der Waals surface area contributed by atoms with E-state index in [1.54, 1.807) is 27.7 Å². The molecule has 0 aliphatic carbocycles. The van der Waals surface area contributed by atoms with Gasteiger partial charge in [0, 0.05) is 32.8 Å². The van der Waals surface area contributed by atoms with Gasteiger partial charge in [-0.2, -0.15) is 15.0 Å². The maximum atomic E-state index is 14.1. The number of carbonyl (C=O) groups is 2. The van der Waals surface area contributed by atoms with Crippen molar-refractivity contribution in [3.63, 3.8) is 0 Å². The molecule has 0 spiro atoms. The quantitative estimate of drug-likeness (QED) is 0.166. The highest BCUT2D eigenvalue weighted by atomic mass is 16.2. The molecule has 0 N–H and O–H groups in total. The number of anilines is 1. The van der Waals surface area contributed by atoms with Gasteiger partial charge in [-0.05, 0) is 87.4 Å². The molecule has 0 saturated carbocycles. The summed E-state index contributed by atoms with van der Waals surface area (Å²) in [7, 11) is 0. The van der Waals surface area contributed by atoms with Crippen molar-refractivity contribution in [2.75, 3.05) is 4.90 Å². The molecule has 1 fully saturated rings. The zero-order chi connectivity index (χ0) is 37.6. The minimum atomic E-state index is -0.966. The fourth-order valence-corrected chi connectivity index (χ4v) is 8.03. The largest absolute Gasteiger partial charge is 0.309 e. The third-order valence-corrected chi connectivity index (χ3v) is 11.8. The Kier molecular flexibility index (Phi) is 7.01. The Morgan fingerprint density at radius 2 is 0.909 bits per heavy atom. The molecular formula is C47H36N6O2. The van der Waals surface area contributed by atoms with Crippen molar-refractivity contribution in [1.29, 1.82) is 0 Å². The molecule has 0 bridgehead atoms. The highest BCUT2D eigenvalue weighted by Crippen LogP contribution is 2.48. The van der Waals surface area contributed by atoms with E-state index in [-0.39, 0.29) is 17.8 Å². The van der Waals surface area contributed by atoms with E-state index in [1.165, 1.54) is 5.39 Å². The van der Waals surface area contributed by atoms with Crippen LogP contribution in [0, 0.1) is 10.8 Å². The lowest BCUT2D eigenvalue weighted by atomic mass is 9.70. The number of carbonyl (C=O) groups excluding carboxylic acids is 2. The molecule has 0 unspecified atom stereocenters. The van der Waals surface area contributed by atoms with Crippen molar-refractivity contribution in [2.24, 2.45) is 10.8 Å². The first-order chi connectivity index (χ1) is 26.6. The standard InChI is InChI=1S/C47H36N6O2/c1-46(2)42(54)53(43(55)47(46,3)4)45-49-41(48-44(50-45)52-38-23-12-8-19-33(38)34-20-9-13-24-39(34)52)31-16-14-15-29(27-31)30-25-26-40-36(28-30)35-21-10-11-22-37(35)51(40)32-17-6-5-7-18-32/h5-28H,1-4H3. The van der Waals surface area contributed by atoms with Crippen molar-refractivity contribution in [2.45, 2.75) is 27.7 Å². The Labute approximate surface area is 317 Å². The van der Waals surface area contributed by atoms with Gasteiger partial charge in [0.1, 0.15) is 0 Å². The van der Waals surface area contributed by atoms with Crippen LogP contribution < -0.4 is 4.90 Å². The van der Waals surface area contributed by atoms with Gasteiger partial charge in [0.05, 0.1) is 32.9 Å². The number of imide groups is 1. The summed E-state index contributed by atoms with van der Waals surface area (Å²) >= 11 is 0. The average molecular weight is 717 g/mol. The number of nitrogens with zero attached hydrogens (tertiary/aromatic N) is 6. The highest BCUT2D eigenvalue weighted by molar-refractivity contribution is 6.24. The number of aromatic nitrogens is 5. The molecule has 4 heterocycles. The van der Waals surface area contributed by atoms with Crippen LogP contribution in [-0.2, 0) is 9.59 Å². The minimum absolute atomic E-state index is 0.0102. The van der Waals surface area contributed by atoms with Crippen LogP contribution in [0.2, 0.25) is 0 Å². The SMILES string of the molecule is CC1(C)C(=O)N(c2nc(-c3cccc(-c4ccc5c(c4)c4ccccc4n5-c4ccccc4)c3)nc(-n3c4ccccc4c4ccccc43)n2)C(=O)C1(C)C. The van der Waals surface area contributed by atoms with Crippen LogP contribution in [0.5, 0.6) is 0 Å². The van der Waals surface area contributed by atoms with Gasteiger partial charge in [-0.1, -0.05) is 97.1 Å². The van der Waals surface area contributed by atoms with Crippen LogP contribution in [0.1, 0.15) is 27.7 Å². The molecule has 1 aliphatic heterocycles. The fraction of sp³-hybridized carbons (Fsp3) is 0.128. The predicted octanol–water partition coefficient (Wildman–Crippen LogP) is 10.3. The Hall–Kier alpha value is -6.93. The average Bonchev–Trinajstić information content (AvgIpc) is 3.77. The van der Waals surface area contributed by atoms with Crippen molar-refractivity contribution in [3.05, 3.63) is 146 Å². The maximum Gasteiger partial charge on any atom is 0.244 e. The second-order valence-electron chi connectivity index (χ2n) is 15.3. The van der Waals surface area contributed by atoms with Gasteiger partial charge in [0.2, 0.25) is 23.7 Å². The summed E-state index contributed by atoms with van der Waals surface area (Å²) in [6.45, 7) is 7.23. The van der Waals surface area contributed by atoms with E-state index in [9.17, 15) is 9.59 Å². The van der Waals surface area contributed by atoms with Gasteiger partial charge in [0.15, 0.2) is 5.82 Å². The highest BCUT2D eigenvalue weighted by Gasteiger charge is 2.60. The van der Waals surface area contributed by atoms with Gasteiger partial charge in [-0.25, -0.2) is 4.90 Å². The van der Waals surface area contributed by atoms with Gasteiger partial charge >= 0.3 is 0 Å². The monoisotopic (exact) mass is 716 g/mol. The summed E-state index contributed by atoms with van der Waals surface area (Å²) in [4.78, 5) is 44.2. The second-order valence-corrected chi connectivity index (χ2v) is 15.3. The number of benzene rings is 6. The molecule has 0 radical (unpaired) electrons. The fourth-order valence-electron chi connectivity index (χ4n) is 8.03. The summed E-state index contributed by atoms with van der Waals surface area (Å²) < 4.78 is 4.29. The Morgan fingerprint density at radius 1 is 0.418 bits per heavy atom. The van der Waals surface area contributed by atoms with Gasteiger partial charge in [-0.3, -0.25) is 14.2 Å². The summed E-state index contributed by atoms with van der Waals surface area (Å²) in [5, 5.41) is 4.41. The third-order valence-electron chi connectivity index (χ3n) is 11.8. The molecule has 9 aromatic rings. The number of para-hydroxylation sites is 4. The number of hydrogen-bond acceptors (Lipinski definition) is 5. The van der Waals surface area contributed by atoms with Crippen molar-refractivity contribution < 1.29 is 9.59 Å². The van der Waals surface area contributed by atoms with Gasteiger partial charge in [0.25, 0.3) is 0 Å². The molecule has 1 saturated heterocycles. The minimum Gasteiger partial charge on any atom is -0.309 e. The number of rotatable bonds is 5. The summed E-state index contributed by atoms with van der Waals surface area (Å²) in [5.41, 5.74) is 5.99. The first-order valence-corrected chi connectivity index (χ1v) is 18.5. The summed E-state index contributed by atoms with van der Waals surface area (Å²) in [6.07, 6.45) is 0. The Balaban J connectivity index is 1.17. The zero-order valence-corrected chi connectivity index (χ0v) is 30.9. The number of fused-ring (bicyclic) bond motifs is 6. The van der Waals surface area contributed by atoms with Crippen LogP contribution in [0.3, 0.4) is 0 Å². The Morgan fingerprint density at radius 3 is 1.55 bits per heavy atom. The van der Waals surface area contributed by atoms with Gasteiger partial charge < -0.3 is 4.57 Å². The molecular weight excluding hydrogens is 681 g/mol. The molecule has 55 heavy (non-hydrogen) atoms. The molecule has 2 amide bonds. The molecule has 266 valence electrons. The smallest absolute Gasteiger partial charge is 0.244 e. The first-order valence-electron chi connectivity index (χ1n) is 18.5. The predicted molar refractivity (Wildman–Crippen MR) is 219 cm³/mol. The van der Waals surface area contributed by atoms with E-state index < -0.39 is 10.8 Å². The molecule has 8 nitrogen and oxygen atoms in total. The lowest BCUT2D eigenvalue weighted by molar-refractivity contribution is -0.129.